The summed E-state index contributed by atoms with van der Waals surface area (Å²) >= 11 is 0. The minimum absolute atomic E-state index is 0.267. The average Bonchev–Trinajstić information content (AvgIpc) is 2.96. The first-order chi connectivity index (χ1) is 9.93. The van der Waals surface area contributed by atoms with Gasteiger partial charge in [-0.15, -0.1) is 0 Å². The molecule has 0 aliphatic heterocycles. The molecule has 1 aromatic carbocycles. The molecule has 0 saturated heterocycles. The number of nitrogens with zero attached hydrogens (tertiary/aromatic N) is 1. The molecule has 0 aliphatic carbocycles. The molecule has 4 nitrogen and oxygen atoms in total. The highest BCUT2D eigenvalue weighted by molar-refractivity contribution is 5.94. The van der Waals surface area contributed by atoms with Gasteiger partial charge in [-0.2, -0.15) is 0 Å². The van der Waals surface area contributed by atoms with E-state index < -0.39 is 36.1 Å². The van der Waals surface area contributed by atoms with Crippen molar-refractivity contribution in [1.29, 1.82) is 0 Å². The predicted molar refractivity (Wildman–Crippen MR) is 61.1 cm³/mol. The Labute approximate surface area is 101 Å². The number of carbonyl (C=O) groups is 1. The Morgan fingerprint density at radius 3 is 2.94 bits per heavy atom. The number of H-pyrrole nitrogens is 1. The summed E-state index contributed by atoms with van der Waals surface area (Å²) in [6.45, 7) is 0.267. The average molecular weight is 220 g/mol. The van der Waals surface area contributed by atoms with Crippen LogP contribution in [0.5, 0.6) is 0 Å². The van der Waals surface area contributed by atoms with E-state index in [1.807, 2.05) is 0 Å². The number of hydrogen-bond donors (Lipinski definition) is 2. The van der Waals surface area contributed by atoms with Crippen molar-refractivity contribution in [2.24, 2.45) is 0 Å². The molecular formula is C12H13N3O. The zero-order chi connectivity index (χ0) is 15.6. The number of benzene rings is 1. The number of aromatic amines is 1. The molecule has 1 amide bonds. The third kappa shape index (κ3) is 2.70. The summed E-state index contributed by atoms with van der Waals surface area (Å²) < 4.78 is 37.9. The summed E-state index contributed by atoms with van der Waals surface area (Å²) in [5, 5.41) is 2.54. The fraction of sp³-hybridized carbons (Fsp3) is 0.167. The van der Waals surface area contributed by atoms with Crippen LogP contribution < -0.4 is 5.32 Å². The summed E-state index contributed by atoms with van der Waals surface area (Å²) in [4.78, 5) is 18.7. The zero-order valence-electron chi connectivity index (χ0n) is 13.4. The molecule has 0 saturated carbocycles. The standard InChI is InChI=1S/C12H13N3O/c16-12(10-4-2-1-3-5-10)14-7-6-11-8-13-9-15-11/h1-5,8-9H,6-7H2,(H,13,15)(H,14,16)/i1D,2D,3D,4D,5D. The van der Waals surface area contributed by atoms with Gasteiger partial charge in [-0.25, -0.2) is 4.98 Å². The number of rotatable bonds is 4. The molecule has 0 bridgehead atoms. The van der Waals surface area contributed by atoms with Crippen molar-refractivity contribution < 1.29 is 11.6 Å². The van der Waals surface area contributed by atoms with Crippen LogP contribution in [-0.2, 0) is 6.42 Å². The van der Waals surface area contributed by atoms with Crippen molar-refractivity contribution in [1.82, 2.24) is 15.3 Å². The van der Waals surface area contributed by atoms with Crippen molar-refractivity contribution in [3.8, 4) is 0 Å². The van der Waals surface area contributed by atoms with Crippen LogP contribution in [0.4, 0.5) is 0 Å². The second-order valence-electron chi connectivity index (χ2n) is 3.08. The van der Waals surface area contributed by atoms with Crippen molar-refractivity contribution in [3.63, 3.8) is 0 Å². The van der Waals surface area contributed by atoms with Crippen LogP contribution in [0, 0.1) is 0 Å². The van der Waals surface area contributed by atoms with Gasteiger partial charge in [0.15, 0.2) is 0 Å². The van der Waals surface area contributed by atoms with Gasteiger partial charge >= 0.3 is 0 Å². The summed E-state index contributed by atoms with van der Waals surface area (Å²) in [7, 11) is 0. The van der Waals surface area contributed by atoms with Gasteiger partial charge < -0.3 is 10.3 Å². The molecule has 0 atom stereocenters. The van der Waals surface area contributed by atoms with E-state index in [1.165, 1.54) is 6.33 Å². The highest BCUT2D eigenvalue weighted by Gasteiger charge is 2.03. The van der Waals surface area contributed by atoms with Crippen LogP contribution in [0.2, 0.25) is 0 Å². The minimum Gasteiger partial charge on any atom is -0.352 e. The molecule has 0 aliphatic rings. The van der Waals surface area contributed by atoms with Gasteiger partial charge in [0.1, 0.15) is 0 Å². The van der Waals surface area contributed by atoms with E-state index in [-0.39, 0.29) is 12.1 Å². The number of nitrogens with one attached hydrogen (secondary N) is 2. The lowest BCUT2D eigenvalue weighted by Gasteiger charge is -2.03. The second kappa shape index (κ2) is 5.11. The van der Waals surface area contributed by atoms with Crippen molar-refractivity contribution in [3.05, 3.63) is 54.0 Å². The lowest BCUT2D eigenvalue weighted by Crippen LogP contribution is -2.25. The highest BCUT2D eigenvalue weighted by Crippen LogP contribution is 1.98. The van der Waals surface area contributed by atoms with Gasteiger partial charge in [-0.3, -0.25) is 4.79 Å². The van der Waals surface area contributed by atoms with E-state index in [4.69, 9.17) is 6.85 Å². The van der Waals surface area contributed by atoms with Gasteiger partial charge in [0.25, 0.3) is 5.91 Å². The van der Waals surface area contributed by atoms with Gasteiger partial charge in [0.2, 0.25) is 0 Å². The summed E-state index contributed by atoms with van der Waals surface area (Å²) in [5.74, 6) is -0.688. The lowest BCUT2D eigenvalue weighted by atomic mass is 10.2. The van der Waals surface area contributed by atoms with Crippen molar-refractivity contribution in [2.45, 2.75) is 6.42 Å². The number of aromatic nitrogens is 2. The van der Waals surface area contributed by atoms with E-state index in [0.29, 0.717) is 6.42 Å². The molecule has 16 heavy (non-hydrogen) atoms. The van der Waals surface area contributed by atoms with Crippen LogP contribution in [0.3, 0.4) is 0 Å². The van der Waals surface area contributed by atoms with Crippen LogP contribution >= 0.6 is 0 Å². The Hall–Kier alpha value is -2.10. The molecule has 2 N–H and O–H groups in total. The Bertz CT molecular complexity index is 643. The number of imidazole rings is 1. The van der Waals surface area contributed by atoms with Crippen molar-refractivity contribution in [2.75, 3.05) is 6.54 Å². The first kappa shape index (κ1) is 5.84. The summed E-state index contributed by atoms with van der Waals surface area (Å²) in [6, 6.07) is -2.55. The summed E-state index contributed by atoms with van der Waals surface area (Å²) in [5.41, 5.74) is 0.488. The monoisotopic (exact) mass is 220 g/mol. The maximum Gasteiger partial charge on any atom is 0.251 e. The van der Waals surface area contributed by atoms with Crippen LogP contribution in [-0.4, -0.2) is 22.4 Å². The Balaban J connectivity index is 2.16. The van der Waals surface area contributed by atoms with Gasteiger partial charge in [0.05, 0.1) is 13.2 Å². The van der Waals surface area contributed by atoms with Crippen molar-refractivity contribution >= 4 is 5.91 Å². The molecule has 2 rings (SSSR count). The first-order valence-electron chi connectivity index (χ1n) is 7.25. The zero-order valence-corrected chi connectivity index (χ0v) is 8.42. The normalized spacial score (nSPS) is 14.4. The van der Waals surface area contributed by atoms with E-state index in [2.05, 4.69) is 15.3 Å². The van der Waals surface area contributed by atoms with Crippen LogP contribution in [0.25, 0.3) is 0 Å². The first-order valence-corrected chi connectivity index (χ1v) is 4.75. The maximum atomic E-state index is 12.0. The molecule has 1 aromatic heterocycles. The van der Waals surface area contributed by atoms with E-state index in [9.17, 15) is 4.79 Å². The van der Waals surface area contributed by atoms with E-state index in [1.54, 1.807) is 6.20 Å². The van der Waals surface area contributed by atoms with Gasteiger partial charge in [-0.1, -0.05) is 18.1 Å². The SMILES string of the molecule is [2H]c1c([2H])c([2H])c(C(=O)NCCc2cnc[nH]2)c([2H])c1[2H]. The fourth-order valence-corrected chi connectivity index (χ4v) is 1.18. The lowest BCUT2D eigenvalue weighted by molar-refractivity contribution is 0.0954. The topological polar surface area (TPSA) is 57.8 Å². The Kier molecular flexibility index (Phi) is 1.87. The van der Waals surface area contributed by atoms with Gasteiger partial charge in [0, 0.05) is 30.4 Å². The van der Waals surface area contributed by atoms with Crippen LogP contribution in [0.15, 0.2) is 42.7 Å². The summed E-state index contributed by atoms with van der Waals surface area (Å²) in [6.07, 6.45) is 3.65. The molecule has 0 spiro atoms. The second-order valence-corrected chi connectivity index (χ2v) is 3.08. The molecule has 0 fully saturated rings. The predicted octanol–water partition coefficient (Wildman–Crippen LogP) is 1.38. The Morgan fingerprint density at radius 1 is 1.44 bits per heavy atom. The molecule has 0 radical (unpaired) electrons. The minimum atomic E-state index is -0.688. The number of carbonyl (C=O) groups excluding carboxylic acids is 1. The number of hydrogen-bond acceptors (Lipinski definition) is 2. The van der Waals surface area contributed by atoms with E-state index in [0.717, 1.165) is 5.69 Å². The smallest absolute Gasteiger partial charge is 0.251 e. The third-order valence-electron chi connectivity index (χ3n) is 1.96. The van der Waals surface area contributed by atoms with Crippen LogP contribution in [0.1, 0.15) is 22.9 Å². The molecule has 2 aromatic rings. The van der Waals surface area contributed by atoms with Gasteiger partial charge in [-0.05, 0) is 12.1 Å². The highest BCUT2D eigenvalue weighted by atomic mass is 16.1. The maximum absolute atomic E-state index is 12.0. The molecule has 4 heteroatoms. The Morgan fingerprint density at radius 2 is 2.25 bits per heavy atom. The molecule has 1 heterocycles. The third-order valence-corrected chi connectivity index (χ3v) is 1.96. The number of amides is 1. The fourth-order valence-electron chi connectivity index (χ4n) is 1.18. The quantitative estimate of drug-likeness (QED) is 0.818. The van der Waals surface area contributed by atoms with E-state index >= 15 is 0 Å². The molecular weight excluding hydrogens is 202 g/mol. The molecule has 82 valence electrons. The largest absolute Gasteiger partial charge is 0.352 e. The molecule has 0 unspecified atom stereocenters.